The Morgan fingerprint density at radius 1 is 1.30 bits per heavy atom. The topological polar surface area (TPSA) is 46.2 Å². The van der Waals surface area contributed by atoms with E-state index in [0.29, 0.717) is 6.42 Å². The summed E-state index contributed by atoms with van der Waals surface area (Å²) in [5.74, 6) is -0.418. The Hall–Kier alpha value is -0.940. The summed E-state index contributed by atoms with van der Waals surface area (Å²) in [5, 5.41) is 2.88. The summed E-state index contributed by atoms with van der Waals surface area (Å²) in [5.41, 5.74) is -0.0478. The molecular weight excluding hydrogens is 277 g/mol. The van der Waals surface area contributed by atoms with E-state index in [-0.39, 0.29) is 16.4 Å². The van der Waals surface area contributed by atoms with Crippen molar-refractivity contribution in [3.05, 3.63) is 30.1 Å². The molecule has 3 nitrogen and oxygen atoms in total. The van der Waals surface area contributed by atoms with Crippen molar-refractivity contribution in [3.8, 4) is 0 Å². The number of rotatable bonds is 4. The fourth-order valence-corrected chi connectivity index (χ4v) is 5.22. The molecule has 2 rings (SSSR count). The first-order valence-electron chi connectivity index (χ1n) is 7.02. The third-order valence-corrected chi connectivity index (χ3v) is 6.49. The van der Waals surface area contributed by atoms with Crippen LogP contribution in [-0.4, -0.2) is 26.3 Å². The molecule has 0 heterocycles. The van der Waals surface area contributed by atoms with Crippen molar-refractivity contribution >= 4 is 9.84 Å². The van der Waals surface area contributed by atoms with Gasteiger partial charge in [-0.15, -0.1) is 0 Å². The molecule has 1 fully saturated rings. The molecule has 0 aliphatic heterocycles. The lowest BCUT2D eigenvalue weighted by atomic mass is 9.87. The van der Waals surface area contributed by atoms with Gasteiger partial charge < -0.3 is 5.32 Å². The minimum absolute atomic E-state index is 0.0478. The van der Waals surface area contributed by atoms with Crippen LogP contribution in [0.5, 0.6) is 0 Å². The molecule has 2 unspecified atom stereocenters. The minimum atomic E-state index is -3.43. The second-order valence-corrected chi connectivity index (χ2v) is 8.27. The highest BCUT2D eigenvalue weighted by molar-refractivity contribution is 7.92. The van der Waals surface area contributed by atoms with Gasteiger partial charge in [0.2, 0.25) is 0 Å². The van der Waals surface area contributed by atoms with E-state index in [0.717, 1.165) is 13.0 Å². The Balaban J connectivity index is 2.36. The molecule has 112 valence electrons. The standard InChI is InChI=1S/C15H22FNO2S/c1-4-17-14-13(9-10-15(14,2)3)20(18,19)12-7-5-11(16)6-8-12/h5-8,13-14,17H,4,9-10H2,1-3H3. The van der Waals surface area contributed by atoms with Crippen LogP contribution in [0.3, 0.4) is 0 Å². The van der Waals surface area contributed by atoms with Gasteiger partial charge in [-0.1, -0.05) is 20.8 Å². The molecule has 20 heavy (non-hydrogen) atoms. The van der Waals surface area contributed by atoms with Crippen LogP contribution < -0.4 is 5.32 Å². The molecule has 1 saturated carbocycles. The largest absolute Gasteiger partial charge is 0.312 e. The molecule has 0 bridgehead atoms. The second kappa shape index (κ2) is 5.45. The summed E-state index contributed by atoms with van der Waals surface area (Å²) in [6, 6.07) is 5.06. The Labute approximate surface area is 120 Å². The summed E-state index contributed by atoms with van der Waals surface area (Å²) in [6.07, 6.45) is 1.51. The van der Waals surface area contributed by atoms with Crippen LogP contribution in [0.25, 0.3) is 0 Å². The molecule has 1 N–H and O–H groups in total. The van der Waals surface area contributed by atoms with Crippen LogP contribution in [0, 0.1) is 11.2 Å². The second-order valence-electron chi connectivity index (χ2n) is 6.10. The van der Waals surface area contributed by atoms with Crippen molar-refractivity contribution in [2.75, 3.05) is 6.54 Å². The van der Waals surface area contributed by atoms with Crippen LogP contribution in [0.15, 0.2) is 29.2 Å². The Morgan fingerprint density at radius 3 is 2.45 bits per heavy atom. The lowest BCUT2D eigenvalue weighted by Crippen LogP contribution is -2.47. The third-order valence-electron chi connectivity index (χ3n) is 4.25. The zero-order valence-corrected chi connectivity index (χ0v) is 13.0. The molecule has 0 saturated heterocycles. The highest BCUT2D eigenvalue weighted by atomic mass is 32.2. The van der Waals surface area contributed by atoms with E-state index >= 15 is 0 Å². The van der Waals surface area contributed by atoms with Crippen LogP contribution in [0.2, 0.25) is 0 Å². The van der Waals surface area contributed by atoms with Gasteiger partial charge in [0.15, 0.2) is 9.84 Å². The van der Waals surface area contributed by atoms with Gasteiger partial charge >= 0.3 is 0 Å². The normalized spacial score (nSPS) is 25.8. The molecule has 0 amide bonds. The maximum Gasteiger partial charge on any atom is 0.182 e. The van der Waals surface area contributed by atoms with Crippen LogP contribution in [0.4, 0.5) is 4.39 Å². The number of benzene rings is 1. The fourth-order valence-electron chi connectivity index (χ4n) is 3.10. The average molecular weight is 299 g/mol. The Bertz CT molecular complexity index is 566. The predicted octanol–water partition coefficient (Wildman–Crippen LogP) is 2.77. The fraction of sp³-hybridized carbons (Fsp3) is 0.600. The average Bonchev–Trinajstić information content (AvgIpc) is 2.67. The van der Waals surface area contributed by atoms with E-state index < -0.39 is 20.9 Å². The minimum Gasteiger partial charge on any atom is -0.312 e. The monoisotopic (exact) mass is 299 g/mol. The first-order chi connectivity index (χ1) is 9.29. The van der Waals surface area contributed by atoms with Crippen molar-refractivity contribution in [1.82, 2.24) is 5.32 Å². The number of nitrogens with one attached hydrogen (secondary N) is 1. The summed E-state index contributed by atoms with van der Waals surface area (Å²) < 4.78 is 38.5. The van der Waals surface area contributed by atoms with E-state index in [1.165, 1.54) is 24.3 Å². The molecular formula is C15H22FNO2S. The molecule has 0 radical (unpaired) electrons. The number of hydrogen-bond acceptors (Lipinski definition) is 3. The van der Waals surface area contributed by atoms with Crippen molar-refractivity contribution in [2.24, 2.45) is 5.41 Å². The molecule has 1 aliphatic carbocycles. The van der Waals surface area contributed by atoms with Crippen molar-refractivity contribution in [3.63, 3.8) is 0 Å². The predicted molar refractivity (Wildman–Crippen MR) is 77.9 cm³/mol. The molecule has 0 aromatic heterocycles. The van der Waals surface area contributed by atoms with Gasteiger partial charge in [-0.05, 0) is 49.1 Å². The van der Waals surface area contributed by atoms with E-state index in [9.17, 15) is 12.8 Å². The summed E-state index contributed by atoms with van der Waals surface area (Å²) in [4.78, 5) is 0.213. The highest BCUT2D eigenvalue weighted by Crippen LogP contribution is 2.42. The van der Waals surface area contributed by atoms with Crippen molar-refractivity contribution < 1.29 is 12.8 Å². The van der Waals surface area contributed by atoms with E-state index in [1.54, 1.807) is 0 Å². The van der Waals surface area contributed by atoms with E-state index in [4.69, 9.17) is 0 Å². The first kappa shape index (κ1) is 15.4. The molecule has 1 aromatic carbocycles. The maximum absolute atomic E-state index is 13.0. The molecule has 2 atom stereocenters. The number of sulfone groups is 1. The molecule has 0 spiro atoms. The molecule has 1 aliphatic rings. The van der Waals surface area contributed by atoms with E-state index in [2.05, 4.69) is 19.2 Å². The van der Waals surface area contributed by atoms with Crippen LogP contribution in [0.1, 0.15) is 33.6 Å². The first-order valence-corrected chi connectivity index (χ1v) is 8.56. The van der Waals surface area contributed by atoms with Gasteiger partial charge in [0.1, 0.15) is 5.82 Å². The van der Waals surface area contributed by atoms with Gasteiger partial charge in [0.25, 0.3) is 0 Å². The summed E-state index contributed by atoms with van der Waals surface area (Å²) in [7, 11) is -3.43. The lowest BCUT2D eigenvalue weighted by Gasteiger charge is -2.31. The third kappa shape index (κ3) is 2.74. The molecule has 5 heteroatoms. The van der Waals surface area contributed by atoms with Crippen LogP contribution >= 0.6 is 0 Å². The zero-order valence-electron chi connectivity index (χ0n) is 12.2. The van der Waals surface area contributed by atoms with Gasteiger partial charge in [-0.2, -0.15) is 0 Å². The Morgan fingerprint density at radius 2 is 1.90 bits per heavy atom. The van der Waals surface area contributed by atoms with Gasteiger partial charge in [0.05, 0.1) is 10.1 Å². The van der Waals surface area contributed by atoms with Crippen molar-refractivity contribution in [2.45, 2.75) is 49.8 Å². The van der Waals surface area contributed by atoms with Gasteiger partial charge in [-0.25, -0.2) is 12.8 Å². The number of halogens is 1. The smallest absolute Gasteiger partial charge is 0.182 e. The zero-order chi connectivity index (χ0) is 15.0. The van der Waals surface area contributed by atoms with Gasteiger partial charge in [0, 0.05) is 6.04 Å². The van der Waals surface area contributed by atoms with E-state index in [1.807, 2.05) is 6.92 Å². The molecule has 1 aromatic rings. The van der Waals surface area contributed by atoms with Crippen LogP contribution in [-0.2, 0) is 9.84 Å². The Kier molecular flexibility index (Phi) is 4.21. The lowest BCUT2D eigenvalue weighted by molar-refractivity contribution is 0.288. The van der Waals surface area contributed by atoms with Crippen molar-refractivity contribution in [1.29, 1.82) is 0 Å². The van der Waals surface area contributed by atoms with Gasteiger partial charge in [-0.3, -0.25) is 0 Å². The SMILES string of the molecule is CCNC1C(S(=O)(=O)c2ccc(F)cc2)CCC1(C)C. The number of hydrogen-bond donors (Lipinski definition) is 1. The summed E-state index contributed by atoms with van der Waals surface area (Å²) in [6.45, 7) is 6.92. The summed E-state index contributed by atoms with van der Waals surface area (Å²) >= 11 is 0. The maximum atomic E-state index is 13.0. The highest BCUT2D eigenvalue weighted by Gasteiger charge is 2.47. The quantitative estimate of drug-likeness (QED) is 0.870.